The van der Waals surface area contributed by atoms with Crippen LogP contribution in [0.25, 0.3) is 11.0 Å². The number of rotatable bonds is 6. The number of methoxy groups -OCH3 is 1. The van der Waals surface area contributed by atoms with E-state index in [0.717, 1.165) is 18.2 Å². The Morgan fingerprint density at radius 1 is 1.22 bits per heavy atom. The van der Waals surface area contributed by atoms with Crippen LogP contribution in [-0.4, -0.2) is 32.3 Å². The van der Waals surface area contributed by atoms with E-state index in [0.29, 0.717) is 0 Å². The summed E-state index contributed by atoms with van der Waals surface area (Å²) in [7, 11) is 1.29. The molecule has 0 saturated heterocycles. The fourth-order valence-corrected chi connectivity index (χ4v) is 2.20. The number of halogens is 3. The van der Waals surface area contributed by atoms with Gasteiger partial charge in [0.15, 0.2) is 5.56 Å². The van der Waals surface area contributed by atoms with Crippen molar-refractivity contribution in [1.29, 1.82) is 0 Å². The van der Waals surface area contributed by atoms with Gasteiger partial charge in [-0.25, -0.2) is 14.4 Å². The number of benzene rings is 1. The lowest BCUT2D eigenvalue weighted by Crippen LogP contribution is -2.25. The van der Waals surface area contributed by atoms with E-state index < -0.39 is 59.1 Å². The highest BCUT2D eigenvalue weighted by Crippen LogP contribution is 2.37. The molecule has 2 aromatic rings. The van der Waals surface area contributed by atoms with Gasteiger partial charge < -0.3 is 18.6 Å². The zero-order valence-corrected chi connectivity index (χ0v) is 13.9. The fraction of sp³-hybridized carbons (Fsp3) is 0.235. The first-order valence-electron chi connectivity index (χ1n) is 7.37. The van der Waals surface area contributed by atoms with Crippen LogP contribution in [0.4, 0.5) is 13.2 Å². The molecular formula is C17H13F3O7. The minimum absolute atomic E-state index is 0.165. The molecule has 0 saturated carbocycles. The molecule has 0 N–H and O–H groups in total. The average Bonchev–Trinajstić information content (AvgIpc) is 2.62. The summed E-state index contributed by atoms with van der Waals surface area (Å²) in [6, 6.07) is 3.33. The number of ether oxygens (including phenoxy) is 3. The Kier molecular flexibility index (Phi) is 5.88. The molecule has 0 aliphatic carbocycles. The molecule has 0 aliphatic rings. The summed E-state index contributed by atoms with van der Waals surface area (Å²) in [4.78, 5) is 34.9. The van der Waals surface area contributed by atoms with Crippen molar-refractivity contribution in [1.82, 2.24) is 0 Å². The van der Waals surface area contributed by atoms with E-state index in [-0.39, 0.29) is 5.75 Å². The second-order valence-electron chi connectivity index (χ2n) is 5.01. The second kappa shape index (κ2) is 7.94. The smallest absolute Gasteiger partial charge is 0.418 e. The van der Waals surface area contributed by atoms with Gasteiger partial charge in [-0.05, 0) is 12.1 Å². The number of esters is 2. The maximum Gasteiger partial charge on any atom is 0.418 e. The van der Waals surface area contributed by atoms with Crippen LogP contribution in [0.1, 0.15) is 15.9 Å². The highest BCUT2D eigenvalue weighted by molar-refractivity contribution is 5.96. The number of carbonyl (C=O) groups is 2. The SMILES string of the molecule is C=CC(=O)OCCOC(=O)c1c(C(F)(F)F)c2ccc(OC)cc2oc1=O. The summed E-state index contributed by atoms with van der Waals surface area (Å²) in [6.45, 7) is 2.16. The Labute approximate surface area is 149 Å². The molecule has 0 aliphatic heterocycles. The lowest BCUT2D eigenvalue weighted by molar-refractivity contribution is -0.138. The molecule has 1 aromatic heterocycles. The predicted octanol–water partition coefficient (Wildman–Crippen LogP) is 2.71. The minimum atomic E-state index is -5.04. The minimum Gasteiger partial charge on any atom is -0.497 e. The van der Waals surface area contributed by atoms with Crippen LogP contribution >= 0.6 is 0 Å². The molecule has 0 bridgehead atoms. The van der Waals surface area contributed by atoms with E-state index >= 15 is 0 Å². The monoisotopic (exact) mass is 386 g/mol. The first-order valence-corrected chi connectivity index (χ1v) is 7.37. The van der Waals surface area contributed by atoms with Crippen molar-refractivity contribution in [2.75, 3.05) is 20.3 Å². The molecular weight excluding hydrogens is 373 g/mol. The quantitative estimate of drug-likeness (QED) is 0.326. The standard InChI is InChI=1S/C17H13F3O7/c1-3-12(21)25-6-7-26-15(22)13-14(17(18,19)20)10-5-4-9(24-2)8-11(10)27-16(13)23/h3-5,8H,1,6-7H2,2H3. The van der Waals surface area contributed by atoms with Gasteiger partial charge in [-0.3, -0.25) is 0 Å². The highest BCUT2D eigenvalue weighted by Gasteiger charge is 2.40. The van der Waals surface area contributed by atoms with Crippen LogP contribution in [0.3, 0.4) is 0 Å². The lowest BCUT2D eigenvalue weighted by Gasteiger charge is -2.14. The molecule has 1 heterocycles. The van der Waals surface area contributed by atoms with Gasteiger partial charge in [0.25, 0.3) is 0 Å². The van der Waals surface area contributed by atoms with Crippen LogP contribution in [0.15, 0.2) is 40.1 Å². The Morgan fingerprint density at radius 2 is 1.89 bits per heavy atom. The van der Waals surface area contributed by atoms with Gasteiger partial charge in [0.1, 0.15) is 24.5 Å². The van der Waals surface area contributed by atoms with Crippen molar-refractivity contribution in [3.63, 3.8) is 0 Å². The van der Waals surface area contributed by atoms with E-state index in [2.05, 4.69) is 16.1 Å². The first-order chi connectivity index (χ1) is 12.7. The third-order valence-corrected chi connectivity index (χ3v) is 3.33. The molecule has 27 heavy (non-hydrogen) atoms. The summed E-state index contributed by atoms with van der Waals surface area (Å²) in [5.74, 6) is -2.19. The molecule has 0 radical (unpaired) electrons. The lowest BCUT2D eigenvalue weighted by atomic mass is 10.0. The number of hydrogen-bond acceptors (Lipinski definition) is 7. The number of carbonyl (C=O) groups excluding carboxylic acids is 2. The van der Waals surface area contributed by atoms with Crippen LogP contribution in [0.5, 0.6) is 5.75 Å². The Bertz CT molecular complexity index is 944. The third-order valence-electron chi connectivity index (χ3n) is 3.33. The maximum atomic E-state index is 13.5. The Balaban J connectivity index is 2.44. The van der Waals surface area contributed by atoms with Crippen molar-refractivity contribution in [3.05, 3.63) is 52.4 Å². The van der Waals surface area contributed by atoms with Gasteiger partial charge in [0.05, 0.1) is 12.7 Å². The molecule has 144 valence electrons. The van der Waals surface area contributed by atoms with E-state index in [9.17, 15) is 27.6 Å². The number of fused-ring (bicyclic) bond motifs is 1. The largest absolute Gasteiger partial charge is 0.497 e. The van der Waals surface area contributed by atoms with Crippen LogP contribution < -0.4 is 10.4 Å². The molecule has 0 spiro atoms. The average molecular weight is 386 g/mol. The zero-order valence-electron chi connectivity index (χ0n) is 13.9. The van der Waals surface area contributed by atoms with Gasteiger partial charge >= 0.3 is 23.7 Å². The second-order valence-corrected chi connectivity index (χ2v) is 5.01. The highest BCUT2D eigenvalue weighted by atomic mass is 19.4. The molecule has 10 heteroatoms. The molecule has 0 unspecified atom stereocenters. The van der Waals surface area contributed by atoms with Crippen molar-refractivity contribution >= 4 is 22.9 Å². The van der Waals surface area contributed by atoms with E-state index in [1.54, 1.807) is 0 Å². The molecule has 1 aromatic carbocycles. The predicted molar refractivity (Wildman–Crippen MR) is 85.5 cm³/mol. The Hall–Kier alpha value is -3.30. The molecule has 2 rings (SSSR count). The van der Waals surface area contributed by atoms with Gasteiger partial charge in [-0.15, -0.1) is 0 Å². The van der Waals surface area contributed by atoms with Crippen molar-refractivity contribution in [2.24, 2.45) is 0 Å². The Morgan fingerprint density at radius 3 is 2.48 bits per heavy atom. The van der Waals surface area contributed by atoms with Gasteiger partial charge in [-0.2, -0.15) is 13.2 Å². The van der Waals surface area contributed by atoms with E-state index in [1.807, 2.05) is 0 Å². The van der Waals surface area contributed by atoms with Gasteiger partial charge in [0.2, 0.25) is 0 Å². The van der Waals surface area contributed by atoms with Crippen molar-refractivity contribution in [3.8, 4) is 5.75 Å². The van der Waals surface area contributed by atoms with Crippen LogP contribution in [0.2, 0.25) is 0 Å². The van der Waals surface area contributed by atoms with Gasteiger partial charge in [0, 0.05) is 17.5 Å². The van der Waals surface area contributed by atoms with Crippen molar-refractivity contribution < 1.29 is 41.4 Å². The topological polar surface area (TPSA) is 92.0 Å². The molecule has 0 atom stereocenters. The van der Waals surface area contributed by atoms with Crippen LogP contribution in [-0.2, 0) is 20.4 Å². The number of hydrogen-bond donors (Lipinski definition) is 0. The first kappa shape index (κ1) is 20.0. The van der Waals surface area contributed by atoms with Gasteiger partial charge in [-0.1, -0.05) is 6.58 Å². The molecule has 0 amide bonds. The fourth-order valence-electron chi connectivity index (χ4n) is 2.20. The summed E-state index contributed by atoms with van der Waals surface area (Å²) in [5.41, 5.74) is -4.70. The van der Waals surface area contributed by atoms with E-state index in [4.69, 9.17) is 9.15 Å². The normalized spacial score (nSPS) is 11.1. The summed E-state index contributed by atoms with van der Waals surface area (Å²) in [5, 5.41) is -0.507. The molecule has 7 nitrogen and oxygen atoms in total. The summed E-state index contributed by atoms with van der Waals surface area (Å²) < 4.78 is 59.4. The van der Waals surface area contributed by atoms with Crippen LogP contribution in [0, 0.1) is 0 Å². The van der Waals surface area contributed by atoms with Crippen molar-refractivity contribution in [2.45, 2.75) is 6.18 Å². The van der Waals surface area contributed by atoms with E-state index in [1.165, 1.54) is 13.2 Å². The number of alkyl halides is 3. The maximum absolute atomic E-state index is 13.5. The molecule has 0 fully saturated rings. The third kappa shape index (κ3) is 4.46. The summed E-state index contributed by atoms with van der Waals surface area (Å²) >= 11 is 0. The zero-order chi connectivity index (χ0) is 20.2. The summed E-state index contributed by atoms with van der Waals surface area (Å²) in [6.07, 6.45) is -4.18.